The van der Waals surface area contributed by atoms with E-state index in [9.17, 15) is 4.79 Å². The quantitative estimate of drug-likeness (QED) is 0.880. The molecule has 0 aliphatic rings. The van der Waals surface area contributed by atoms with E-state index in [0.717, 1.165) is 16.9 Å². The van der Waals surface area contributed by atoms with Crippen LogP contribution in [0.4, 0.5) is 4.79 Å². The van der Waals surface area contributed by atoms with E-state index in [1.54, 1.807) is 18.4 Å². The lowest BCUT2D eigenvalue weighted by atomic mass is 10.1. The number of urea groups is 1. The zero-order valence-corrected chi connectivity index (χ0v) is 14.1. The van der Waals surface area contributed by atoms with E-state index in [1.165, 1.54) is 4.88 Å². The lowest BCUT2D eigenvalue weighted by Gasteiger charge is -2.21. The summed E-state index contributed by atoms with van der Waals surface area (Å²) in [5.74, 6) is 0.864. The molecule has 0 saturated heterocycles. The Balaban J connectivity index is 1.91. The van der Waals surface area contributed by atoms with Gasteiger partial charge in [0.15, 0.2) is 0 Å². The van der Waals surface area contributed by atoms with Crippen LogP contribution in [0.5, 0.6) is 5.75 Å². The highest BCUT2D eigenvalue weighted by atomic mass is 32.1. The number of ether oxygens (including phenoxy) is 1. The molecule has 5 heteroatoms. The van der Waals surface area contributed by atoms with Crippen molar-refractivity contribution < 1.29 is 9.53 Å². The Morgan fingerprint density at radius 2 is 2.18 bits per heavy atom. The molecule has 1 aromatic heterocycles. The summed E-state index contributed by atoms with van der Waals surface area (Å²) in [5, 5.41) is 5.01. The van der Waals surface area contributed by atoms with Crippen LogP contribution in [0, 0.1) is 6.92 Å². The van der Waals surface area contributed by atoms with Gasteiger partial charge in [-0.15, -0.1) is 11.3 Å². The van der Waals surface area contributed by atoms with Gasteiger partial charge in [-0.1, -0.05) is 18.2 Å². The van der Waals surface area contributed by atoms with Crippen LogP contribution in [-0.2, 0) is 13.1 Å². The van der Waals surface area contributed by atoms with Crippen LogP contribution < -0.4 is 10.1 Å². The minimum absolute atomic E-state index is 0.0376. The van der Waals surface area contributed by atoms with Crippen molar-refractivity contribution in [1.29, 1.82) is 0 Å². The highest BCUT2D eigenvalue weighted by molar-refractivity contribution is 7.09. The second-order valence-electron chi connectivity index (χ2n) is 5.06. The van der Waals surface area contributed by atoms with E-state index >= 15 is 0 Å². The number of nitrogens with zero attached hydrogens (tertiary/aromatic N) is 1. The number of methoxy groups -OCH3 is 1. The number of rotatable bonds is 6. The van der Waals surface area contributed by atoms with Crippen molar-refractivity contribution in [3.05, 3.63) is 51.7 Å². The monoisotopic (exact) mass is 318 g/mol. The molecule has 0 unspecified atom stereocenters. The van der Waals surface area contributed by atoms with E-state index in [1.807, 2.05) is 54.5 Å². The number of aryl methyl sites for hydroxylation is 1. The molecule has 2 amide bonds. The molecule has 0 spiro atoms. The predicted octanol–water partition coefficient (Wildman–Crippen LogP) is 3.80. The third-order valence-corrected chi connectivity index (χ3v) is 4.36. The van der Waals surface area contributed by atoms with Gasteiger partial charge in [-0.25, -0.2) is 4.79 Å². The summed E-state index contributed by atoms with van der Waals surface area (Å²) in [5.41, 5.74) is 2.14. The van der Waals surface area contributed by atoms with Crippen LogP contribution in [0.2, 0.25) is 0 Å². The predicted molar refractivity (Wildman–Crippen MR) is 90.4 cm³/mol. The zero-order chi connectivity index (χ0) is 15.9. The Morgan fingerprint density at radius 3 is 2.77 bits per heavy atom. The van der Waals surface area contributed by atoms with E-state index in [-0.39, 0.29) is 6.03 Å². The fourth-order valence-corrected chi connectivity index (χ4v) is 2.98. The third-order valence-electron chi connectivity index (χ3n) is 3.50. The number of amides is 2. The molecule has 0 aliphatic heterocycles. The van der Waals surface area contributed by atoms with Gasteiger partial charge >= 0.3 is 6.03 Å². The second-order valence-corrected chi connectivity index (χ2v) is 6.09. The lowest BCUT2D eigenvalue weighted by Crippen LogP contribution is -2.38. The summed E-state index contributed by atoms with van der Waals surface area (Å²) in [6.45, 7) is 5.85. The van der Waals surface area contributed by atoms with Crippen molar-refractivity contribution >= 4 is 17.4 Å². The molecule has 4 nitrogen and oxygen atoms in total. The number of carbonyl (C=O) groups excluding carboxylic acids is 1. The van der Waals surface area contributed by atoms with Gasteiger partial charge in [-0.05, 0) is 42.5 Å². The average Bonchev–Trinajstić information content (AvgIpc) is 3.03. The van der Waals surface area contributed by atoms with Gasteiger partial charge in [0.25, 0.3) is 0 Å². The normalized spacial score (nSPS) is 10.3. The highest BCUT2D eigenvalue weighted by Gasteiger charge is 2.12. The summed E-state index contributed by atoms with van der Waals surface area (Å²) in [6.07, 6.45) is 0. The Kier molecular flexibility index (Phi) is 5.83. The van der Waals surface area contributed by atoms with Gasteiger partial charge in [0.05, 0.1) is 13.7 Å². The standard InChI is InChI=1S/C17H22N2O2S/c1-4-19(12-15-6-5-9-22-15)17(20)18-11-14-7-8-16(21-3)13(2)10-14/h5-10H,4,11-12H2,1-3H3,(H,18,20). The van der Waals surface area contributed by atoms with Gasteiger partial charge in [0.1, 0.15) is 5.75 Å². The van der Waals surface area contributed by atoms with Gasteiger partial charge in [-0.2, -0.15) is 0 Å². The molecule has 0 bridgehead atoms. The van der Waals surface area contributed by atoms with Crippen molar-refractivity contribution in [2.75, 3.05) is 13.7 Å². The Morgan fingerprint density at radius 1 is 1.36 bits per heavy atom. The van der Waals surface area contributed by atoms with Crippen LogP contribution >= 0.6 is 11.3 Å². The first-order valence-electron chi connectivity index (χ1n) is 7.32. The van der Waals surface area contributed by atoms with E-state index in [4.69, 9.17) is 4.74 Å². The van der Waals surface area contributed by atoms with E-state index < -0.39 is 0 Å². The maximum absolute atomic E-state index is 12.3. The highest BCUT2D eigenvalue weighted by Crippen LogP contribution is 2.18. The number of nitrogens with one attached hydrogen (secondary N) is 1. The summed E-state index contributed by atoms with van der Waals surface area (Å²) >= 11 is 1.67. The van der Waals surface area contributed by atoms with Crippen molar-refractivity contribution in [3.63, 3.8) is 0 Å². The smallest absolute Gasteiger partial charge is 0.317 e. The van der Waals surface area contributed by atoms with Crippen molar-refractivity contribution in [2.45, 2.75) is 26.9 Å². The molecule has 0 saturated carbocycles. The maximum Gasteiger partial charge on any atom is 0.317 e. The molecular formula is C17H22N2O2S. The van der Waals surface area contributed by atoms with Crippen molar-refractivity contribution in [1.82, 2.24) is 10.2 Å². The van der Waals surface area contributed by atoms with Gasteiger partial charge in [0, 0.05) is 18.0 Å². The first-order chi connectivity index (χ1) is 10.6. The maximum atomic E-state index is 12.3. The molecule has 1 heterocycles. The Hall–Kier alpha value is -2.01. The first kappa shape index (κ1) is 16.4. The zero-order valence-electron chi connectivity index (χ0n) is 13.3. The minimum Gasteiger partial charge on any atom is -0.496 e. The molecule has 0 fully saturated rings. The first-order valence-corrected chi connectivity index (χ1v) is 8.20. The average molecular weight is 318 g/mol. The molecule has 2 rings (SSSR count). The van der Waals surface area contributed by atoms with Crippen LogP contribution in [0.1, 0.15) is 22.9 Å². The second kappa shape index (κ2) is 7.84. The van der Waals surface area contributed by atoms with Gasteiger partial charge in [-0.3, -0.25) is 0 Å². The molecule has 0 atom stereocenters. The third kappa shape index (κ3) is 4.24. The molecular weight excluding hydrogens is 296 g/mol. The van der Waals surface area contributed by atoms with Crippen LogP contribution in [-0.4, -0.2) is 24.6 Å². The number of thiophene rings is 1. The summed E-state index contributed by atoms with van der Waals surface area (Å²) in [4.78, 5) is 15.3. The number of carbonyl (C=O) groups is 1. The molecule has 1 N–H and O–H groups in total. The Labute approximate surface area is 135 Å². The van der Waals surface area contributed by atoms with Gasteiger partial charge in [0.2, 0.25) is 0 Å². The topological polar surface area (TPSA) is 41.6 Å². The summed E-state index contributed by atoms with van der Waals surface area (Å²) in [6, 6.07) is 9.96. The van der Waals surface area contributed by atoms with E-state index in [0.29, 0.717) is 19.6 Å². The van der Waals surface area contributed by atoms with Gasteiger partial charge < -0.3 is 15.0 Å². The number of benzene rings is 1. The van der Waals surface area contributed by atoms with E-state index in [2.05, 4.69) is 5.32 Å². The molecule has 22 heavy (non-hydrogen) atoms. The SMILES string of the molecule is CCN(Cc1cccs1)C(=O)NCc1ccc(OC)c(C)c1. The minimum atomic E-state index is -0.0376. The van der Waals surface area contributed by atoms with Crippen LogP contribution in [0.25, 0.3) is 0 Å². The van der Waals surface area contributed by atoms with Crippen molar-refractivity contribution in [2.24, 2.45) is 0 Å². The molecule has 0 radical (unpaired) electrons. The Bertz CT molecular complexity index is 611. The molecule has 1 aromatic carbocycles. The molecule has 118 valence electrons. The largest absolute Gasteiger partial charge is 0.496 e. The number of hydrogen-bond acceptors (Lipinski definition) is 3. The van der Waals surface area contributed by atoms with Crippen molar-refractivity contribution in [3.8, 4) is 5.75 Å². The summed E-state index contributed by atoms with van der Waals surface area (Å²) in [7, 11) is 1.66. The summed E-state index contributed by atoms with van der Waals surface area (Å²) < 4.78 is 5.25. The fourth-order valence-electron chi connectivity index (χ4n) is 2.26. The van der Waals surface area contributed by atoms with Crippen LogP contribution in [0.3, 0.4) is 0 Å². The molecule has 2 aromatic rings. The van der Waals surface area contributed by atoms with Crippen LogP contribution in [0.15, 0.2) is 35.7 Å². The number of hydrogen-bond donors (Lipinski definition) is 1. The lowest BCUT2D eigenvalue weighted by molar-refractivity contribution is 0.198. The molecule has 0 aliphatic carbocycles. The fraction of sp³-hybridized carbons (Fsp3) is 0.353.